The molecule has 0 fully saturated rings. The molecule has 0 aliphatic carbocycles. The summed E-state index contributed by atoms with van der Waals surface area (Å²) < 4.78 is 24.6. The van der Waals surface area contributed by atoms with Gasteiger partial charge in [0.05, 0.1) is 11.9 Å². The third kappa shape index (κ3) is 1.50. The van der Waals surface area contributed by atoms with E-state index >= 15 is 0 Å². The number of alkyl halides is 2. The van der Waals surface area contributed by atoms with Gasteiger partial charge in [0.1, 0.15) is 12.6 Å². The van der Waals surface area contributed by atoms with Gasteiger partial charge in [0.25, 0.3) is 6.43 Å². The molecule has 0 aliphatic rings. The van der Waals surface area contributed by atoms with Crippen LogP contribution in [0.5, 0.6) is 0 Å². The molecule has 0 aromatic carbocycles. The van der Waals surface area contributed by atoms with E-state index in [0.29, 0.717) is 0 Å². The number of hydrogen-bond acceptors (Lipinski definition) is 3. The summed E-state index contributed by atoms with van der Waals surface area (Å²) in [6.07, 6.45) is -1.35. The minimum absolute atomic E-state index is 0.0182. The summed E-state index contributed by atoms with van der Waals surface area (Å²) in [5.74, 6) is 0. The van der Waals surface area contributed by atoms with Crippen molar-refractivity contribution in [2.24, 2.45) is 0 Å². The van der Waals surface area contributed by atoms with Crippen molar-refractivity contribution in [2.75, 3.05) is 5.73 Å². The standard InChI is InChI=1S/C6H6F2N4/c7-6(8)3-12-5(1-9)4(10)2-11-12/h2,6H,3,10H2. The average molecular weight is 172 g/mol. The molecule has 1 rings (SSSR count). The zero-order chi connectivity index (χ0) is 9.14. The Labute approximate surface area is 67.2 Å². The van der Waals surface area contributed by atoms with Gasteiger partial charge in [-0.1, -0.05) is 0 Å². The molecule has 0 saturated carbocycles. The van der Waals surface area contributed by atoms with Gasteiger partial charge in [-0.3, -0.25) is 0 Å². The van der Waals surface area contributed by atoms with Crippen LogP contribution in [-0.2, 0) is 6.54 Å². The molecular weight excluding hydrogens is 166 g/mol. The molecule has 6 heteroatoms. The first-order chi connectivity index (χ1) is 5.65. The van der Waals surface area contributed by atoms with Crippen LogP contribution in [0.4, 0.5) is 14.5 Å². The SMILES string of the molecule is N#Cc1c(N)cnn1CC(F)F. The molecule has 64 valence electrons. The van der Waals surface area contributed by atoms with Crippen LogP contribution in [0.2, 0.25) is 0 Å². The van der Waals surface area contributed by atoms with Crippen molar-refractivity contribution >= 4 is 5.69 Å². The fourth-order valence-electron chi connectivity index (χ4n) is 0.791. The number of nitrogens with two attached hydrogens (primary N) is 1. The van der Waals surface area contributed by atoms with Crippen LogP contribution in [-0.4, -0.2) is 16.2 Å². The van der Waals surface area contributed by atoms with E-state index in [9.17, 15) is 8.78 Å². The lowest BCUT2D eigenvalue weighted by Gasteiger charge is -2.00. The number of rotatable bonds is 2. The van der Waals surface area contributed by atoms with E-state index < -0.39 is 13.0 Å². The molecule has 0 unspecified atom stereocenters. The van der Waals surface area contributed by atoms with E-state index in [0.717, 1.165) is 4.68 Å². The van der Waals surface area contributed by atoms with Crippen molar-refractivity contribution in [3.05, 3.63) is 11.9 Å². The Morgan fingerprint density at radius 2 is 2.42 bits per heavy atom. The second kappa shape index (κ2) is 3.17. The van der Waals surface area contributed by atoms with Gasteiger partial charge in [0.2, 0.25) is 0 Å². The van der Waals surface area contributed by atoms with Crippen molar-refractivity contribution in [3.63, 3.8) is 0 Å². The van der Waals surface area contributed by atoms with Gasteiger partial charge in [0.15, 0.2) is 5.69 Å². The maximum atomic E-state index is 11.8. The quantitative estimate of drug-likeness (QED) is 0.710. The highest BCUT2D eigenvalue weighted by Gasteiger charge is 2.11. The number of nitrogen functional groups attached to an aromatic ring is 1. The fraction of sp³-hybridized carbons (Fsp3) is 0.333. The third-order valence-electron chi connectivity index (χ3n) is 1.28. The summed E-state index contributed by atoms with van der Waals surface area (Å²) in [5, 5.41) is 12.0. The highest BCUT2D eigenvalue weighted by Crippen LogP contribution is 2.10. The Morgan fingerprint density at radius 1 is 1.75 bits per heavy atom. The number of nitrogens with zero attached hydrogens (tertiary/aromatic N) is 3. The van der Waals surface area contributed by atoms with Gasteiger partial charge in [-0.2, -0.15) is 10.4 Å². The van der Waals surface area contributed by atoms with Crippen molar-refractivity contribution in [1.82, 2.24) is 9.78 Å². The Balaban J connectivity index is 2.94. The minimum atomic E-state index is -2.53. The van der Waals surface area contributed by atoms with Gasteiger partial charge in [0, 0.05) is 0 Å². The largest absolute Gasteiger partial charge is 0.395 e. The summed E-state index contributed by atoms with van der Waals surface area (Å²) in [6.45, 7) is -0.597. The monoisotopic (exact) mass is 172 g/mol. The topological polar surface area (TPSA) is 67.6 Å². The molecule has 0 aliphatic heterocycles. The zero-order valence-electron chi connectivity index (χ0n) is 6.04. The molecule has 4 nitrogen and oxygen atoms in total. The van der Waals surface area contributed by atoms with Crippen molar-refractivity contribution < 1.29 is 8.78 Å². The molecule has 0 bridgehead atoms. The van der Waals surface area contributed by atoms with Gasteiger partial charge >= 0.3 is 0 Å². The molecule has 0 saturated heterocycles. The van der Waals surface area contributed by atoms with Crippen LogP contribution in [0.1, 0.15) is 5.69 Å². The molecule has 1 aromatic heterocycles. The van der Waals surface area contributed by atoms with Crippen LogP contribution in [0, 0.1) is 11.3 Å². The Bertz CT molecular complexity index is 312. The highest BCUT2D eigenvalue weighted by atomic mass is 19.3. The van der Waals surface area contributed by atoms with Crippen LogP contribution in [0.15, 0.2) is 6.20 Å². The van der Waals surface area contributed by atoms with Gasteiger partial charge in [-0.25, -0.2) is 13.5 Å². The zero-order valence-corrected chi connectivity index (χ0v) is 6.04. The lowest BCUT2D eigenvalue weighted by molar-refractivity contribution is 0.121. The second-order valence-corrected chi connectivity index (χ2v) is 2.13. The highest BCUT2D eigenvalue weighted by molar-refractivity contribution is 5.48. The Hall–Kier alpha value is -1.64. The number of nitriles is 1. The second-order valence-electron chi connectivity index (χ2n) is 2.13. The summed E-state index contributed by atoms with van der Waals surface area (Å²) in [7, 11) is 0. The van der Waals surface area contributed by atoms with Gasteiger partial charge in [-0.15, -0.1) is 0 Å². The van der Waals surface area contributed by atoms with E-state index in [1.54, 1.807) is 6.07 Å². The number of anilines is 1. The summed E-state index contributed by atoms with van der Waals surface area (Å²) >= 11 is 0. The van der Waals surface area contributed by atoms with Gasteiger partial charge in [-0.05, 0) is 0 Å². The van der Waals surface area contributed by atoms with Crippen LogP contribution >= 0.6 is 0 Å². The molecule has 0 atom stereocenters. The van der Waals surface area contributed by atoms with Crippen molar-refractivity contribution in [2.45, 2.75) is 13.0 Å². The Kier molecular flexibility index (Phi) is 2.24. The lowest BCUT2D eigenvalue weighted by atomic mass is 10.4. The third-order valence-corrected chi connectivity index (χ3v) is 1.28. The molecule has 0 radical (unpaired) electrons. The first-order valence-corrected chi connectivity index (χ1v) is 3.14. The smallest absolute Gasteiger partial charge is 0.257 e. The van der Waals surface area contributed by atoms with Gasteiger partial charge < -0.3 is 5.73 Å². The van der Waals surface area contributed by atoms with Crippen LogP contribution in [0.3, 0.4) is 0 Å². The molecular formula is C6H6F2N4. The van der Waals surface area contributed by atoms with Crippen LogP contribution in [0.25, 0.3) is 0 Å². The maximum Gasteiger partial charge on any atom is 0.257 e. The maximum absolute atomic E-state index is 11.8. The normalized spacial score (nSPS) is 10.2. The molecule has 12 heavy (non-hydrogen) atoms. The molecule has 1 heterocycles. The molecule has 0 amide bonds. The van der Waals surface area contributed by atoms with Crippen molar-refractivity contribution in [1.29, 1.82) is 5.26 Å². The predicted molar refractivity (Wildman–Crippen MR) is 37.4 cm³/mol. The summed E-state index contributed by atoms with van der Waals surface area (Å²) in [4.78, 5) is 0. The van der Waals surface area contributed by atoms with Crippen molar-refractivity contribution in [3.8, 4) is 6.07 Å². The Morgan fingerprint density at radius 3 is 2.92 bits per heavy atom. The van der Waals surface area contributed by atoms with Crippen LogP contribution < -0.4 is 5.73 Å². The molecule has 0 spiro atoms. The van der Waals surface area contributed by atoms with E-state index in [-0.39, 0.29) is 11.4 Å². The van der Waals surface area contributed by atoms with E-state index in [4.69, 9.17) is 11.0 Å². The first-order valence-electron chi connectivity index (χ1n) is 3.14. The summed E-state index contributed by atoms with van der Waals surface area (Å²) in [6, 6.07) is 1.69. The fourth-order valence-corrected chi connectivity index (χ4v) is 0.791. The number of aromatic nitrogens is 2. The predicted octanol–water partition coefficient (Wildman–Crippen LogP) is 0.602. The molecule has 2 N–H and O–H groups in total. The van der Waals surface area contributed by atoms with E-state index in [1.165, 1.54) is 6.20 Å². The lowest BCUT2D eigenvalue weighted by Crippen LogP contribution is -2.10. The first kappa shape index (κ1) is 8.46. The number of hydrogen-bond donors (Lipinski definition) is 1. The molecule has 1 aromatic rings. The average Bonchev–Trinajstić information content (AvgIpc) is 2.30. The minimum Gasteiger partial charge on any atom is -0.395 e. The van der Waals surface area contributed by atoms with E-state index in [1.807, 2.05) is 0 Å². The van der Waals surface area contributed by atoms with E-state index in [2.05, 4.69) is 5.10 Å². The number of halogens is 2. The summed E-state index contributed by atoms with van der Waals surface area (Å²) in [5.41, 5.74) is 5.38.